The Balaban J connectivity index is 2.11. The minimum Gasteiger partial charge on any atom is -0.316 e. The first-order valence-corrected chi connectivity index (χ1v) is 7.68. The maximum atomic E-state index is 12.3. The Morgan fingerprint density at radius 3 is 2.56 bits per heavy atom. The number of aryl methyl sites for hydroxylation is 1. The Bertz CT molecular complexity index is 490. The molecule has 100 valence electrons. The SMILES string of the molecule is Cc1ccc(S(=O)(=O)N(C)CC2CCNC2)cc1. The number of nitrogens with zero attached hydrogens (tertiary/aromatic N) is 1. The van der Waals surface area contributed by atoms with Crippen molar-refractivity contribution in [3.05, 3.63) is 29.8 Å². The van der Waals surface area contributed by atoms with Crippen molar-refractivity contribution in [1.29, 1.82) is 0 Å². The Kier molecular flexibility index (Phi) is 4.04. The van der Waals surface area contributed by atoms with Gasteiger partial charge >= 0.3 is 0 Å². The van der Waals surface area contributed by atoms with E-state index < -0.39 is 10.0 Å². The quantitative estimate of drug-likeness (QED) is 0.893. The third-order valence-corrected chi connectivity index (χ3v) is 5.24. The normalized spacial score (nSPS) is 20.5. The van der Waals surface area contributed by atoms with Gasteiger partial charge in [-0.25, -0.2) is 12.7 Å². The second kappa shape index (κ2) is 5.38. The number of rotatable bonds is 4. The highest BCUT2D eigenvalue weighted by Gasteiger charge is 2.25. The largest absolute Gasteiger partial charge is 0.316 e. The van der Waals surface area contributed by atoms with E-state index in [1.54, 1.807) is 19.2 Å². The molecule has 0 spiro atoms. The third kappa shape index (κ3) is 2.91. The highest BCUT2D eigenvalue weighted by molar-refractivity contribution is 7.89. The lowest BCUT2D eigenvalue weighted by atomic mass is 10.1. The van der Waals surface area contributed by atoms with Gasteiger partial charge in [0.2, 0.25) is 10.0 Å². The summed E-state index contributed by atoms with van der Waals surface area (Å²) in [4.78, 5) is 0.376. The molecule has 1 atom stereocenters. The molecule has 4 nitrogen and oxygen atoms in total. The molecule has 1 aromatic carbocycles. The fraction of sp³-hybridized carbons (Fsp3) is 0.538. The average molecular weight is 268 g/mol. The van der Waals surface area contributed by atoms with Crippen molar-refractivity contribution in [3.8, 4) is 0 Å². The van der Waals surface area contributed by atoms with Crippen LogP contribution in [0.15, 0.2) is 29.2 Å². The molecule has 1 saturated heterocycles. The minimum absolute atomic E-state index is 0.376. The van der Waals surface area contributed by atoms with E-state index in [1.165, 1.54) is 4.31 Å². The molecule has 1 aliphatic heterocycles. The van der Waals surface area contributed by atoms with Crippen molar-refractivity contribution in [2.75, 3.05) is 26.7 Å². The van der Waals surface area contributed by atoms with Crippen LogP contribution in [0.25, 0.3) is 0 Å². The van der Waals surface area contributed by atoms with Crippen LogP contribution in [-0.2, 0) is 10.0 Å². The summed E-state index contributed by atoms with van der Waals surface area (Å²) in [5.41, 5.74) is 1.07. The van der Waals surface area contributed by atoms with Crippen molar-refractivity contribution in [3.63, 3.8) is 0 Å². The zero-order valence-electron chi connectivity index (χ0n) is 10.9. The van der Waals surface area contributed by atoms with Crippen LogP contribution in [0.3, 0.4) is 0 Å². The molecule has 1 N–H and O–H groups in total. The highest BCUT2D eigenvalue weighted by atomic mass is 32.2. The third-order valence-electron chi connectivity index (χ3n) is 3.41. The summed E-state index contributed by atoms with van der Waals surface area (Å²) in [5.74, 6) is 0.426. The topological polar surface area (TPSA) is 49.4 Å². The van der Waals surface area contributed by atoms with Crippen LogP contribution in [-0.4, -0.2) is 39.4 Å². The summed E-state index contributed by atoms with van der Waals surface area (Å²) in [6.07, 6.45) is 1.05. The summed E-state index contributed by atoms with van der Waals surface area (Å²) in [6.45, 7) is 4.43. The maximum Gasteiger partial charge on any atom is 0.242 e. The molecule has 0 bridgehead atoms. The molecule has 5 heteroatoms. The van der Waals surface area contributed by atoms with Gasteiger partial charge in [-0.15, -0.1) is 0 Å². The predicted molar refractivity (Wildman–Crippen MR) is 72.0 cm³/mol. The predicted octanol–water partition coefficient (Wildman–Crippen LogP) is 1.23. The second-order valence-corrected chi connectivity index (χ2v) is 7.00. The van der Waals surface area contributed by atoms with Gasteiger partial charge in [0.05, 0.1) is 4.90 Å². The molecule has 0 amide bonds. The molecule has 1 heterocycles. The van der Waals surface area contributed by atoms with E-state index in [2.05, 4.69) is 5.32 Å². The van der Waals surface area contributed by atoms with Crippen LogP contribution in [0.5, 0.6) is 0 Å². The molecule has 0 aliphatic carbocycles. The molecular weight excluding hydrogens is 248 g/mol. The lowest BCUT2D eigenvalue weighted by Gasteiger charge is -2.20. The fourth-order valence-corrected chi connectivity index (χ4v) is 3.47. The smallest absolute Gasteiger partial charge is 0.242 e. The van der Waals surface area contributed by atoms with E-state index in [1.807, 2.05) is 19.1 Å². The van der Waals surface area contributed by atoms with E-state index >= 15 is 0 Å². The van der Waals surface area contributed by atoms with E-state index in [0.29, 0.717) is 17.4 Å². The minimum atomic E-state index is -3.34. The van der Waals surface area contributed by atoms with E-state index in [9.17, 15) is 8.42 Å². The van der Waals surface area contributed by atoms with Crippen molar-refractivity contribution < 1.29 is 8.42 Å². The molecular formula is C13H20N2O2S. The monoisotopic (exact) mass is 268 g/mol. The van der Waals surface area contributed by atoms with Gasteiger partial charge in [-0.3, -0.25) is 0 Å². The van der Waals surface area contributed by atoms with Crippen LogP contribution in [0.2, 0.25) is 0 Å². The first kappa shape index (κ1) is 13.5. The molecule has 2 rings (SSSR count). The first-order valence-electron chi connectivity index (χ1n) is 6.24. The zero-order valence-corrected chi connectivity index (χ0v) is 11.7. The maximum absolute atomic E-state index is 12.3. The summed E-state index contributed by atoms with van der Waals surface area (Å²) in [6, 6.07) is 7.01. The van der Waals surface area contributed by atoms with Gasteiger partial charge in [-0.05, 0) is 44.5 Å². The molecule has 1 fully saturated rings. The lowest BCUT2D eigenvalue weighted by Crippen LogP contribution is -2.32. The van der Waals surface area contributed by atoms with Crippen molar-refractivity contribution >= 4 is 10.0 Å². The van der Waals surface area contributed by atoms with Gasteiger partial charge in [0.1, 0.15) is 0 Å². The Morgan fingerprint density at radius 2 is 2.00 bits per heavy atom. The average Bonchev–Trinajstić information content (AvgIpc) is 2.82. The van der Waals surface area contributed by atoms with Gasteiger partial charge in [-0.2, -0.15) is 0 Å². The molecule has 18 heavy (non-hydrogen) atoms. The van der Waals surface area contributed by atoms with Gasteiger partial charge in [0.15, 0.2) is 0 Å². The van der Waals surface area contributed by atoms with Crippen LogP contribution in [0.4, 0.5) is 0 Å². The number of nitrogens with one attached hydrogen (secondary N) is 1. The summed E-state index contributed by atoms with van der Waals surface area (Å²) in [5, 5.41) is 3.25. The molecule has 0 aromatic heterocycles. The Hall–Kier alpha value is -0.910. The molecule has 0 radical (unpaired) electrons. The van der Waals surface area contributed by atoms with E-state index in [0.717, 1.165) is 25.1 Å². The van der Waals surface area contributed by atoms with Crippen LogP contribution < -0.4 is 5.32 Å². The summed E-state index contributed by atoms with van der Waals surface area (Å²) >= 11 is 0. The molecule has 0 saturated carbocycles. The van der Waals surface area contributed by atoms with Crippen molar-refractivity contribution in [2.45, 2.75) is 18.2 Å². The van der Waals surface area contributed by atoms with Gasteiger partial charge in [0.25, 0.3) is 0 Å². The van der Waals surface area contributed by atoms with E-state index in [4.69, 9.17) is 0 Å². The highest BCUT2D eigenvalue weighted by Crippen LogP contribution is 2.18. The zero-order chi connectivity index (χ0) is 13.2. The molecule has 1 aromatic rings. The van der Waals surface area contributed by atoms with Crippen molar-refractivity contribution in [1.82, 2.24) is 9.62 Å². The number of sulfonamides is 1. The standard InChI is InChI=1S/C13H20N2O2S/c1-11-3-5-13(6-4-11)18(16,17)15(2)10-12-7-8-14-9-12/h3-6,12,14H,7-10H2,1-2H3. The summed E-state index contributed by atoms with van der Waals surface area (Å²) in [7, 11) is -1.68. The first-order chi connectivity index (χ1) is 8.50. The number of benzene rings is 1. The van der Waals surface area contributed by atoms with Gasteiger partial charge in [0, 0.05) is 13.6 Å². The van der Waals surface area contributed by atoms with Crippen molar-refractivity contribution in [2.24, 2.45) is 5.92 Å². The lowest BCUT2D eigenvalue weighted by molar-refractivity contribution is 0.399. The van der Waals surface area contributed by atoms with E-state index in [-0.39, 0.29) is 0 Å². The Morgan fingerprint density at radius 1 is 1.33 bits per heavy atom. The number of hydrogen-bond acceptors (Lipinski definition) is 3. The van der Waals surface area contributed by atoms with Crippen LogP contribution in [0.1, 0.15) is 12.0 Å². The second-order valence-electron chi connectivity index (χ2n) is 4.96. The Labute approximate surface area is 109 Å². The summed E-state index contributed by atoms with van der Waals surface area (Å²) < 4.78 is 26.1. The molecule has 1 aliphatic rings. The fourth-order valence-electron chi connectivity index (χ4n) is 2.22. The van der Waals surface area contributed by atoms with Crippen LogP contribution in [0, 0.1) is 12.8 Å². The molecule has 1 unspecified atom stereocenters. The van der Waals surface area contributed by atoms with Gasteiger partial charge < -0.3 is 5.32 Å². The van der Waals surface area contributed by atoms with Gasteiger partial charge in [-0.1, -0.05) is 17.7 Å². The number of hydrogen-bond donors (Lipinski definition) is 1. The van der Waals surface area contributed by atoms with Crippen LogP contribution >= 0.6 is 0 Å².